The second kappa shape index (κ2) is 14.8. The van der Waals surface area contributed by atoms with E-state index in [2.05, 4.69) is 15.3 Å². The standard InChI is InChI=1S/C34H31F3N4O2S/c35-34(36,37)28-10-6-9-27(19-28)21-41(20-25-12-14-30(15-13-25)43-23-26-7-2-1-3-8-26)22-32-40-31(24-44-32)33(42)39-18-16-29-11-4-5-17-38-29/h1-15,17,19,24H,16,18,20-23H2,(H,39,42). The number of hydrogen-bond donors (Lipinski definition) is 1. The van der Waals surface area contributed by atoms with Crippen molar-refractivity contribution in [3.8, 4) is 5.75 Å². The molecule has 44 heavy (non-hydrogen) atoms. The molecule has 5 rings (SSSR count). The van der Waals surface area contributed by atoms with E-state index in [1.807, 2.05) is 77.7 Å². The van der Waals surface area contributed by atoms with Crippen LogP contribution in [-0.4, -0.2) is 27.3 Å². The molecule has 0 fully saturated rings. The minimum absolute atomic E-state index is 0.265. The van der Waals surface area contributed by atoms with E-state index in [1.54, 1.807) is 17.6 Å². The fraction of sp³-hybridized carbons (Fsp3) is 0.206. The molecule has 1 N–H and O–H groups in total. The van der Waals surface area contributed by atoms with E-state index < -0.39 is 11.7 Å². The summed E-state index contributed by atoms with van der Waals surface area (Å²) in [7, 11) is 0. The van der Waals surface area contributed by atoms with Gasteiger partial charge in [-0.3, -0.25) is 14.7 Å². The summed E-state index contributed by atoms with van der Waals surface area (Å²) in [5.41, 5.74) is 3.07. The Bertz CT molecular complexity index is 1630. The molecule has 2 aromatic heterocycles. The summed E-state index contributed by atoms with van der Waals surface area (Å²) in [6.07, 6.45) is -2.11. The number of ether oxygens (including phenoxy) is 1. The molecule has 0 unspecified atom stereocenters. The number of benzene rings is 3. The third kappa shape index (κ3) is 9.23. The topological polar surface area (TPSA) is 67.4 Å². The average molecular weight is 617 g/mol. The number of hydrogen-bond acceptors (Lipinski definition) is 6. The lowest BCUT2D eigenvalue weighted by atomic mass is 10.1. The lowest BCUT2D eigenvalue weighted by Gasteiger charge is -2.22. The van der Waals surface area contributed by atoms with E-state index in [-0.39, 0.29) is 12.5 Å². The first kappa shape index (κ1) is 30.9. The van der Waals surface area contributed by atoms with E-state index in [0.717, 1.165) is 28.6 Å². The van der Waals surface area contributed by atoms with Gasteiger partial charge in [0.15, 0.2) is 0 Å². The Balaban J connectivity index is 1.25. The number of nitrogens with zero attached hydrogens (tertiary/aromatic N) is 3. The summed E-state index contributed by atoms with van der Waals surface area (Å²) in [4.78, 5) is 23.5. The second-order valence-corrected chi connectivity index (χ2v) is 11.2. The molecule has 1 amide bonds. The monoisotopic (exact) mass is 616 g/mol. The fourth-order valence-corrected chi connectivity index (χ4v) is 5.40. The van der Waals surface area contributed by atoms with Crippen LogP contribution in [-0.2, 0) is 38.8 Å². The molecule has 3 aromatic carbocycles. The van der Waals surface area contributed by atoms with Crippen molar-refractivity contribution in [2.24, 2.45) is 0 Å². The van der Waals surface area contributed by atoms with Crippen LogP contribution in [0.25, 0.3) is 0 Å². The smallest absolute Gasteiger partial charge is 0.416 e. The van der Waals surface area contributed by atoms with Gasteiger partial charge < -0.3 is 10.1 Å². The number of amides is 1. The van der Waals surface area contributed by atoms with Gasteiger partial charge in [0.25, 0.3) is 5.91 Å². The first-order valence-electron chi connectivity index (χ1n) is 14.1. The number of halogens is 3. The van der Waals surface area contributed by atoms with Crippen molar-refractivity contribution in [1.29, 1.82) is 0 Å². The van der Waals surface area contributed by atoms with Crippen LogP contribution < -0.4 is 10.1 Å². The highest BCUT2D eigenvalue weighted by molar-refractivity contribution is 7.09. The quantitative estimate of drug-likeness (QED) is 0.150. The molecule has 0 radical (unpaired) electrons. The van der Waals surface area contributed by atoms with Crippen molar-refractivity contribution in [1.82, 2.24) is 20.2 Å². The molecule has 0 spiro atoms. The Morgan fingerprint density at radius 1 is 0.841 bits per heavy atom. The molecule has 226 valence electrons. The highest BCUT2D eigenvalue weighted by Crippen LogP contribution is 2.30. The number of nitrogens with one attached hydrogen (secondary N) is 1. The number of thiazole rings is 1. The fourth-order valence-electron chi connectivity index (χ4n) is 4.58. The van der Waals surface area contributed by atoms with Crippen molar-refractivity contribution in [2.45, 2.75) is 38.8 Å². The van der Waals surface area contributed by atoms with Crippen molar-refractivity contribution in [3.63, 3.8) is 0 Å². The van der Waals surface area contributed by atoms with Crippen LogP contribution >= 0.6 is 11.3 Å². The molecule has 5 aromatic rings. The maximum absolute atomic E-state index is 13.4. The van der Waals surface area contributed by atoms with Crippen LogP contribution in [0.2, 0.25) is 0 Å². The molecule has 0 aliphatic heterocycles. The second-order valence-electron chi connectivity index (χ2n) is 10.2. The average Bonchev–Trinajstić information content (AvgIpc) is 3.50. The summed E-state index contributed by atoms with van der Waals surface area (Å²) in [5.74, 6) is 0.444. The van der Waals surface area contributed by atoms with Gasteiger partial charge in [-0.2, -0.15) is 13.2 Å². The maximum atomic E-state index is 13.4. The Labute approximate surface area is 258 Å². The summed E-state index contributed by atoms with van der Waals surface area (Å²) in [5, 5.41) is 5.26. The normalized spacial score (nSPS) is 11.5. The van der Waals surface area contributed by atoms with Gasteiger partial charge in [0.05, 0.1) is 12.1 Å². The SMILES string of the molecule is O=C(NCCc1ccccn1)c1csc(CN(Cc2ccc(OCc3ccccc3)cc2)Cc2cccc(C(F)(F)F)c2)n1. The van der Waals surface area contributed by atoms with E-state index in [9.17, 15) is 18.0 Å². The Hall–Kier alpha value is -4.54. The van der Waals surface area contributed by atoms with Crippen molar-refractivity contribution >= 4 is 17.2 Å². The number of carbonyl (C=O) groups excluding carboxylic acids is 1. The predicted molar refractivity (Wildman–Crippen MR) is 164 cm³/mol. The van der Waals surface area contributed by atoms with Gasteiger partial charge >= 0.3 is 6.18 Å². The van der Waals surface area contributed by atoms with Gasteiger partial charge in [-0.05, 0) is 47.0 Å². The largest absolute Gasteiger partial charge is 0.489 e. The lowest BCUT2D eigenvalue weighted by molar-refractivity contribution is -0.137. The van der Waals surface area contributed by atoms with Crippen LogP contribution in [0.1, 0.15) is 43.4 Å². The molecule has 0 saturated heterocycles. The summed E-state index contributed by atoms with van der Waals surface area (Å²) in [6, 6.07) is 28.5. The van der Waals surface area contributed by atoms with Crippen LogP contribution in [0.4, 0.5) is 13.2 Å². The summed E-state index contributed by atoms with van der Waals surface area (Å²) in [6.45, 7) is 1.95. The first-order valence-corrected chi connectivity index (χ1v) is 15.0. The van der Waals surface area contributed by atoms with Crippen molar-refractivity contribution in [2.75, 3.05) is 6.54 Å². The van der Waals surface area contributed by atoms with Gasteiger partial charge in [-0.25, -0.2) is 4.98 Å². The van der Waals surface area contributed by atoms with Crippen LogP contribution in [0, 0.1) is 0 Å². The number of pyridine rings is 1. The van der Waals surface area contributed by atoms with E-state index in [1.165, 1.54) is 23.5 Å². The van der Waals surface area contributed by atoms with Gasteiger partial charge in [0.2, 0.25) is 0 Å². The predicted octanol–water partition coefficient (Wildman–Crippen LogP) is 7.31. The van der Waals surface area contributed by atoms with Crippen molar-refractivity contribution in [3.05, 3.63) is 147 Å². The number of alkyl halides is 3. The minimum Gasteiger partial charge on any atom is -0.489 e. The maximum Gasteiger partial charge on any atom is 0.416 e. The number of rotatable bonds is 13. The van der Waals surface area contributed by atoms with Crippen LogP contribution in [0.3, 0.4) is 0 Å². The third-order valence-corrected chi connectivity index (χ3v) is 7.61. The molecule has 10 heteroatoms. The molecule has 6 nitrogen and oxygen atoms in total. The third-order valence-electron chi connectivity index (χ3n) is 6.77. The van der Waals surface area contributed by atoms with Crippen LogP contribution in [0.5, 0.6) is 5.75 Å². The molecule has 0 bridgehead atoms. The Morgan fingerprint density at radius 3 is 2.34 bits per heavy atom. The van der Waals surface area contributed by atoms with E-state index in [0.29, 0.717) is 48.9 Å². The zero-order valence-corrected chi connectivity index (χ0v) is 24.7. The highest BCUT2D eigenvalue weighted by atomic mass is 32.1. The molecule has 0 aliphatic carbocycles. The molecule has 2 heterocycles. The van der Waals surface area contributed by atoms with Gasteiger partial charge in [-0.15, -0.1) is 11.3 Å². The lowest BCUT2D eigenvalue weighted by Crippen LogP contribution is -2.26. The van der Waals surface area contributed by atoms with E-state index in [4.69, 9.17) is 4.74 Å². The first-order chi connectivity index (χ1) is 21.3. The van der Waals surface area contributed by atoms with Gasteiger partial charge in [0, 0.05) is 43.3 Å². The highest BCUT2D eigenvalue weighted by Gasteiger charge is 2.30. The molecular weight excluding hydrogens is 585 g/mol. The van der Waals surface area contributed by atoms with Gasteiger partial charge in [0.1, 0.15) is 23.1 Å². The van der Waals surface area contributed by atoms with Gasteiger partial charge in [-0.1, -0.05) is 66.7 Å². The Morgan fingerprint density at radius 2 is 1.59 bits per heavy atom. The molecule has 0 atom stereocenters. The Kier molecular flexibility index (Phi) is 10.4. The van der Waals surface area contributed by atoms with Crippen LogP contribution in [0.15, 0.2) is 109 Å². The molecule has 0 aliphatic rings. The summed E-state index contributed by atoms with van der Waals surface area (Å²) >= 11 is 1.35. The van der Waals surface area contributed by atoms with Crippen molar-refractivity contribution < 1.29 is 22.7 Å². The number of aromatic nitrogens is 2. The number of carbonyl (C=O) groups is 1. The summed E-state index contributed by atoms with van der Waals surface area (Å²) < 4.78 is 46.1. The minimum atomic E-state index is -4.43. The van der Waals surface area contributed by atoms with E-state index >= 15 is 0 Å². The molecular formula is C34H31F3N4O2S. The molecule has 0 saturated carbocycles. The zero-order chi connectivity index (χ0) is 30.8. The zero-order valence-electron chi connectivity index (χ0n) is 23.8.